The summed E-state index contributed by atoms with van der Waals surface area (Å²) in [6, 6.07) is 20.7. The van der Waals surface area contributed by atoms with Crippen molar-refractivity contribution in [2.75, 3.05) is 4.72 Å². The van der Waals surface area contributed by atoms with Crippen molar-refractivity contribution >= 4 is 49.3 Å². The largest absolute Gasteiger partial charge is 0.384 e. The van der Waals surface area contributed by atoms with Gasteiger partial charge in [0, 0.05) is 42.3 Å². The number of fused-ring (bicyclic) bond motifs is 2. The number of benzene rings is 3. The van der Waals surface area contributed by atoms with Crippen LogP contribution in [0.5, 0.6) is 0 Å². The molecule has 2 aromatic heterocycles. The number of carbonyl (C=O) groups excluding carboxylic acids is 1. The molecule has 2 heterocycles. The second kappa shape index (κ2) is 9.40. The molecule has 0 saturated carbocycles. The fourth-order valence-corrected chi connectivity index (χ4v) is 5.44. The van der Waals surface area contributed by atoms with Crippen molar-refractivity contribution in [3.05, 3.63) is 102 Å². The van der Waals surface area contributed by atoms with E-state index in [2.05, 4.69) is 15.0 Å². The number of amides is 1. The van der Waals surface area contributed by atoms with Crippen molar-refractivity contribution in [3.8, 4) is 0 Å². The van der Waals surface area contributed by atoms with Gasteiger partial charge in [0.25, 0.3) is 15.9 Å². The highest BCUT2D eigenvalue weighted by atomic mass is 32.2. The third kappa shape index (κ3) is 4.74. The number of amidine groups is 1. The first kappa shape index (κ1) is 24.0. The Morgan fingerprint density at radius 1 is 1.05 bits per heavy atom. The Hall–Kier alpha value is -4.70. The summed E-state index contributed by atoms with van der Waals surface area (Å²) in [4.78, 5) is 17.3. The summed E-state index contributed by atoms with van der Waals surface area (Å²) in [5.74, 6) is -0.266. The van der Waals surface area contributed by atoms with Crippen LogP contribution in [0.2, 0.25) is 0 Å². The van der Waals surface area contributed by atoms with Crippen molar-refractivity contribution < 1.29 is 13.2 Å². The molecule has 3 aromatic carbocycles. The number of anilines is 1. The summed E-state index contributed by atoms with van der Waals surface area (Å²) in [5, 5.41) is 11.8. The fraction of sp³-hybridized carbons (Fsp3) is 0.0741. The van der Waals surface area contributed by atoms with Crippen molar-refractivity contribution in [2.24, 2.45) is 12.8 Å². The lowest BCUT2D eigenvalue weighted by Gasteiger charge is -2.11. The van der Waals surface area contributed by atoms with Crippen LogP contribution < -0.4 is 15.8 Å². The Kier molecular flexibility index (Phi) is 6.10. The average Bonchev–Trinajstić information content (AvgIpc) is 3.22. The van der Waals surface area contributed by atoms with Crippen LogP contribution >= 0.6 is 0 Å². The lowest BCUT2D eigenvalue weighted by Crippen LogP contribution is -2.22. The average molecular weight is 513 g/mol. The van der Waals surface area contributed by atoms with Gasteiger partial charge in [0.1, 0.15) is 10.7 Å². The number of rotatable bonds is 7. The number of hydrogen-bond donors (Lipinski definition) is 4. The molecule has 9 nitrogen and oxygen atoms in total. The number of nitrogen functional groups attached to an aromatic ring is 1. The summed E-state index contributed by atoms with van der Waals surface area (Å²) in [7, 11) is -2.10. The summed E-state index contributed by atoms with van der Waals surface area (Å²) in [6.45, 7) is 0.310. The predicted molar refractivity (Wildman–Crippen MR) is 144 cm³/mol. The summed E-state index contributed by atoms with van der Waals surface area (Å²) >= 11 is 0. The number of nitrogens with zero attached hydrogens (tertiary/aromatic N) is 2. The minimum atomic E-state index is -3.90. The van der Waals surface area contributed by atoms with Crippen LogP contribution in [-0.2, 0) is 23.6 Å². The number of nitrogens with two attached hydrogens (primary N) is 1. The van der Waals surface area contributed by atoms with Gasteiger partial charge < -0.3 is 15.6 Å². The van der Waals surface area contributed by atoms with Gasteiger partial charge in [-0.05, 0) is 35.9 Å². The molecule has 0 unspecified atom stereocenters. The van der Waals surface area contributed by atoms with E-state index in [0.29, 0.717) is 39.8 Å². The van der Waals surface area contributed by atoms with Gasteiger partial charge in [-0.1, -0.05) is 42.5 Å². The number of aryl methyl sites for hydroxylation is 1. The van der Waals surface area contributed by atoms with Gasteiger partial charge in [0.2, 0.25) is 0 Å². The van der Waals surface area contributed by atoms with E-state index in [0.717, 1.165) is 10.9 Å². The van der Waals surface area contributed by atoms with Gasteiger partial charge in [-0.3, -0.25) is 19.9 Å². The van der Waals surface area contributed by atoms with Crippen LogP contribution in [0.25, 0.3) is 21.8 Å². The number of pyridine rings is 1. The number of aromatic nitrogens is 2. The molecule has 0 saturated heterocycles. The zero-order valence-electron chi connectivity index (χ0n) is 19.9. The zero-order valence-corrected chi connectivity index (χ0v) is 20.7. The summed E-state index contributed by atoms with van der Waals surface area (Å²) in [6.07, 6.45) is 3.27. The van der Waals surface area contributed by atoms with Crippen LogP contribution in [0.1, 0.15) is 21.5 Å². The Morgan fingerprint density at radius 3 is 2.57 bits per heavy atom. The third-order valence-electron chi connectivity index (χ3n) is 6.09. The lowest BCUT2D eigenvalue weighted by molar-refractivity contribution is 0.0952. The molecule has 5 rings (SSSR count). The van der Waals surface area contributed by atoms with Crippen LogP contribution in [0.4, 0.5) is 5.69 Å². The van der Waals surface area contributed by atoms with E-state index in [9.17, 15) is 13.2 Å². The van der Waals surface area contributed by atoms with Crippen LogP contribution in [0, 0.1) is 5.41 Å². The van der Waals surface area contributed by atoms with E-state index >= 15 is 0 Å². The highest BCUT2D eigenvalue weighted by molar-refractivity contribution is 7.93. The normalized spacial score (nSPS) is 11.5. The molecule has 0 spiro atoms. The van der Waals surface area contributed by atoms with Gasteiger partial charge in [0.05, 0.1) is 22.3 Å². The smallest absolute Gasteiger partial charge is 0.264 e. The monoisotopic (exact) mass is 512 g/mol. The van der Waals surface area contributed by atoms with Crippen molar-refractivity contribution in [1.82, 2.24) is 14.9 Å². The maximum Gasteiger partial charge on any atom is 0.264 e. The van der Waals surface area contributed by atoms with Crippen molar-refractivity contribution in [3.63, 3.8) is 0 Å². The zero-order chi connectivity index (χ0) is 26.2. The highest BCUT2D eigenvalue weighted by Crippen LogP contribution is 2.27. The Morgan fingerprint density at radius 2 is 1.81 bits per heavy atom. The fourth-order valence-electron chi connectivity index (χ4n) is 4.21. The maximum atomic E-state index is 13.2. The van der Waals surface area contributed by atoms with E-state index in [-0.39, 0.29) is 16.6 Å². The number of hydrogen-bond acceptors (Lipinski definition) is 5. The van der Waals surface area contributed by atoms with Gasteiger partial charge >= 0.3 is 0 Å². The Balaban J connectivity index is 1.37. The maximum absolute atomic E-state index is 13.2. The second-order valence-electron chi connectivity index (χ2n) is 8.62. The first-order chi connectivity index (χ1) is 17.7. The first-order valence-corrected chi connectivity index (χ1v) is 12.9. The molecular formula is C27H24N6O3S. The molecule has 186 valence electrons. The molecule has 5 aromatic rings. The van der Waals surface area contributed by atoms with Crippen molar-refractivity contribution in [1.29, 1.82) is 5.41 Å². The Labute approximate surface area is 213 Å². The van der Waals surface area contributed by atoms with Crippen molar-refractivity contribution in [2.45, 2.75) is 11.4 Å². The van der Waals surface area contributed by atoms with Gasteiger partial charge in [-0.15, -0.1) is 0 Å². The van der Waals surface area contributed by atoms with Gasteiger partial charge in [-0.2, -0.15) is 0 Å². The summed E-state index contributed by atoms with van der Waals surface area (Å²) in [5.41, 5.74) is 8.92. The topological polar surface area (TPSA) is 143 Å². The van der Waals surface area contributed by atoms with E-state index in [1.807, 2.05) is 24.3 Å². The van der Waals surface area contributed by atoms with E-state index in [1.165, 1.54) is 6.07 Å². The molecule has 5 N–H and O–H groups in total. The standard InChI is InChI=1S/C27H24N6O3S/c1-33-16-22(27(34)31-15-17-7-9-19(10-8-17)26(28)29)21-12-11-20(14-23(21)33)32-37(35,36)24-6-2-4-18-5-3-13-30-25(18)24/h2-14,16,32H,15H2,1H3,(H3,28,29)(H,31,34). The van der Waals surface area contributed by atoms with Crippen LogP contribution in [0.3, 0.4) is 0 Å². The lowest BCUT2D eigenvalue weighted by atomic mass is 10.1. The molecule has 0 aliphatic heterocycles. The van der Waals surface area contributed by atoms with Gasteiger partial charge in [-0.25, -0.2) is 8.42 Å². The van der Waals surface area contributed by atoms with Crippen LogP contribution in [0.15, 0.2) is 90.1 Å². The van der Waals surface area contributed by atoms with Gasteiger partial charge in [0.15, 0.2) is 0 Å². The number of nitrogens with one attached hydrogen (secondary N) is 3. The van der Waals surface area contributed by atoms with Crippen LogP contribution in [-0.4, -0.2) is 29.7 Å². The Bertz CT molecular complexity index is 1770. The molecule has 0 aliphatic rings. The van der Waals surface area contributed by atoms with E-state index in [1.54, 1.807) is 66.5 Å². The van der Waals surface area contributed by atoms with E-state index in [4.69, 9.17) is 11.1 Å². The molecule has 1 amide bonds. The molecule has 37 heavy (non-hydrogen) atoms. The second-order valence-corrected chi connectivity index (χ2v) is 10.3. The minimum Gasteiger partial charge on any atom is -0.384 e. The van der Waals surface area contributed by atoms with E-state index < -0.39 is 10.0 Å². The molecule has 0 radical (unpaired) electrons. The molecule has 10 heteroatoms. The first-order valence-electron chi connectivity index (χ1n) is 11.4. The third-order valence-corrected chi connectivity index (χ3v) is 7.50. The summed E-state index contributed by atoms with van der Waals surface area (Å²) < 4.78 is 30.8. The molecule has 0 atom stereocenters. The highest BCUT2D eigenvalue weighted by Gasteiger charge is 2.20. The number of sulfonamides is 1. The molecule has 0 bridgehead atoms. The number of carbonyl (C=O) groups is 1. The molecule has 0 aliphatic carbocycles. The minimum absolute atomic E-state index is 0.0122. The quantitative estimate of drug-likeness (QED) is 0.194. The predicted octanol–water partition coefficient (Wildman–Crippen LogP) is 3.74. The molecule has 0 fully saturated rings. The number of para-hydroxylation sites is 1. The molecular weight excluding hydrogens is 488 g/mol. The SMILES string of the molecule is Cn1cc(C(=O)NCc2ccc(C(=N)N)cc2)c2ccc(NS(=O)(=O)c3cccc4cccnc34)cc21.